The number of halogens is 1. The lowest BCUT2D eigenvalue weighted by molar-refractivity contribution is -0.131. The molecule has 1 atom stereocenters. The molecule has 3 rings (SSSR count). The van der Waals surface area contributed by atoms with E-state index in [2.05, 4.69) is 70.0 Å². The van der Waals surface area contributed by atoms with Crippen molar-refractivity contribution in [2.75, 3.05) is 7.11 Å². The van der Waals surface area contributed by atoms with Gasteiger partial charge in [0.05, 0.1) is 6.21 Å². The van der Waals surface area contributed by atoms with Gasteiger partial charge in [-0.1, -0.05) is 48.0 Å². The molecule has 0 aliphatic carbocycles. The van der Waals surface area contributed by atoms with Gasteiger partial charge in [0.15, 0.2) is 6.10 Å². The van der Waals surface area contributed by atoms with E-state index < -0.39 is 6.10 Å². The Hall–Kier alpha value is -2.70. The third-order valence-electron chi connectivity index (χ3n) is 5.15. The van der Waals surface area contributed by atoms with E-state index in [1.807, 2.05) is 37.3 Å². The number of rotatable bonds is 6. The maximum atomic E-state index is 12.5. The van der Waals surface area contributed by atoms with E-state index in [1.54, 1.807) is 6.21 Å². The quantitative estimate of drug-likeness (QED) is 0.394. The van der Waals surface area contributed by atoms with E-state index >= 15 is 0 Å². The number of hydrogen-bond acceptors (Lipinski definition) is 3. The zero-order valence-electron chi connectivity index (χ0n) is 17.9. The number of amides is 1. The summed E-state index contributed by atoms with van der Waals surface area (Å²) in [6, 6.07) is 15.8. The number of aryl methyl sites for hydroxylation is 2. The zero-order chi connectivity index (χ0) is 21.8. The van der Waals surface area contributed by atoms with Crippen LogP contribution in [-0.4, -0.2) is 23.8 Å². The van der Waals surface area contributed by atoms with Gasteiger partial charge in [-0.25, -0.2) is 5.43 Å². The molecule has 5 nitrogen and oxygen atoms in total. The van der Waals surface area contributed by atoms with Gasteiger partial charge in [-0.3, -0.25) is 4.79 Å². The van der Waals surface area contributed by atoms with Gasteiger partial charge in [-0.2, -0.15) is 5.10 Å². The summed E-state index contributed by atoms with van der Waals surface area (Å²) in [6.45, 7) is 8.30. The van der Waals surface area contributed by atoms with Gasteiger partial charge >= 0.3 is 0 Å². The molecule has 0 saturated carbocycles. The molecular weight excluding hydrogens is 442 g/mol. The highest BCUT2D eigenvalue weighted by Gasteiger charge is 2.20. The molecular formula is C24H26BrN3O2. The predicted octanol–water partition coefficient (Wildman–Crippen LogP) is 5.31. The molecule has 0 aliphatic heterocycles. The number of carbonyl (C=O) groups is 1. The molecule has 0 unspecified atom stereocenters. The van der Waals surface area contributed by atoms with Crippen LogP contribution >= 0.6 is 15.9 Å². The number of aromatic nitrogens is 1. The Labute approximate surface area is 185 Å². The summed E-state index contributed by atoms with van der Waals surface area (Å²) in [7, 11) is 1.51. The average Bonchev–Trinajstić information content (AvgIpc) is 2.93. The van der Waals surface area contributed by atoms with Gasteiger partial charge < -0.3 is 9.30 Å². The van der Waals surface area contributed by atoms with Crippen LogP contribution in [0.5, 0.6) is 0 Å². The first kappa shape index (κ1) is 22.0. The van der Waals surface area contributed by atoms with Crippen LogP contribution in [0.15, 0.2) is 58.1 Å². The second-order valence-electron chi connectivity index (χ2n) is 7.28. The maximum Gasteiger partial charge on any atom is 0.273 e. The Balaban J connectivity index is 1.85. The fraction of sp³-hybridized carbons (Fsp3) is 0.250. The van der Waals surface area contributed by atoms with Crippen molar-refractivity contribution in [1.82, 2.24) is 9.99 Å². The SMILES string of the molecule is CO[C@@H](C(=O)N/N=C\c1c(Br)c(C)n(-c2ccc(C)cc2C)c1C)c1ccccc1. The Morgan fingerprint density at radius 1 is 1.10 bits per heavy atom. The highest BCUT2D eigenvalue weighted by atomic mass is 79.9. The normalized spacial score (nSPS) is 12.3. The van der Waals surface area contributed by atoms with Crippen LogP contribution in [0.4, 0.5) is 0 Å². The van der Waals surface area contributed by atoms with Crippen molar-refractivity contribution >= 4 is 28.1 Å². The summed E-state index contributed by atoms with van der Waals surface area (Å²) in [5, 5.41) is 4.19. The summed E-state index contributed by atoms with van der Waals surface area (Å²) in [4.78, 5) is 12.5. The van der Waals surface area contributed by atoms with Crippen LogP contribution in [0.3, 0.4) is 0 Å². The number of benzene rings is 2. The summed E-state index contributed by atoms with van der Waals surface area (Å²) in [6.07, 6.45) is 0.955. The summed E-state index contributed by atoms with van der Waals surface area (Å²) in [5.74, 6) is -0.320. The Morgan fingerprint density at radius 3 is 2.43 bits per heavy atom. The predicted molar refractivity (Wildman–Crippen MR) is 124 cm³/mol. The first-order chi connectivity index (χ1) is 14.3. The molecule has 156 valence electrons. The smallest absolute Gasteiger partial charge is 0.273 e. The van der Waals surface area contributed by atoms with E-state index in [0.29, 0.717) is 0 Å². The van der Waals surface area contributed by atoms with Crippen LogP contribution in [0.25, 0.3) is 5.69 Å². The highest BCUT2D eigenvalue weighted by Crippen LogP contribution is 2.31. The Bertz CT molecular complexity index is 1090. The molecule has 30 heavy (non-hydrogen) atoms. The minimum absolute atomic E-state index is 0.320. The van der Waals surface area contributed by atoms with Crippen molar-refractivity contribution in [2.24, 2.45) is 5.10 Å². The van der Waals surface area contributed by atoms with Crippen molar-refractivity contribution in [2.45, 2.75) is 33.8 Å². The number of nitrogens with one attached hydrogen (secondary N) is 1. The number of nitrogens with zero attached hydrogens (tertiary/aromatic N) is 2. The molecule has 3 aromatic rings. The number of methoxy groups -OCH3 is 1. The van der Waals surface area contributed by atoms with Crippen molar-refractivity contribution in [1.29, 1.82) is 0 Å². The molecule has 0 radical (unpaired) electrons. The van der Waals surface area contributed by atoms with E-state index in [4.69, 9.17) is 4.74 Å². The first-order valence-electron chi connectivity index (χ1n) is 9.70. The van der Waals surface area contributed by atoms with E-state index in [-0.39, 0.29) is 5.91 Å². The number of hydrazone groups is 1. The number of carbonyl (C=O) groups excluding carboxylic acids is 1. The van der Waals surface area contributed by atoms with E-state index in [1.165, 1.54) is 18.2 Å². The van der Waals surface area contributed by atoms with Gasteiger partial charge in [0, 0.05) is 34.2 Å². The van der Waals surface area contributed by atoms with E-state index in [9.17, 15) is 4.79 Å². The van der Waals surface area contributed by atoms with Gasteiger partial charge in [-0.05, 0) is 60.8 Å². The molecule has 1 heterocycles. The van der Waals surface area contributed by atoms with Gasteiger partial charge in [0.1, 0.15) is 0 Å². The van der Waals surface area contributed by atoms with Crippen LogP contribution < -0.4 is 5.43 Å². The van der Waals surface area contributed by atoms with Crippen molar-refractivity contribution < 1.29 is 9.53 Å². The third-order valence-corrected chi connectivity index (χ3v) is 6.15. The van der Waals surface area contributed by atoms with Gasteiger partial charge in [0.2, 0.25) is 0 Å². The second-order valence-corrected chi connectivity index (χ2v) is 8.08. The molecule has 6 heteroatoms. The fourth-order valence-corrected chi connectivity index (χ4v) is 4.20. The van der Waals surface area contributed by atoms with Crippen molar-refractivity contribution in [3.63, 3.8) is 0 Å². The molecule has 1 aromatic heterocycles. The maximum absolute atomic E-state index is 12.5. The third kappa shape index (κ3) is 4.40. The average molecular weight is 468 g/mol. The molecule has 0 aliphatic rings. The standard InChI is InChI=1S/C24H26BrN3O2/c1-15-11-12-21(16(2)13-15)28-17(3)20(22(25)18(28)4)14-26-27-24(29)23(30-5)19-9-7-6-8-10-19/h6-14,23H,1-5H3,(H,27,29)/b26-14-/t23-/m1/s1. The lowest BCUT2D eigenvalue weighted by atomic mass is 10.1. The monoisotopic (exact) mass is 467 g/mol. The van der Waals surface area contributed by atoms with Crippen molar-refractivity contribution in [3.05, 3.63) is 86.6 Å². The Kier molecular flexibility index (Phi) is 6.90. The molecule has 0 saturated heterocycles. The van der Waals surface area contributed by atoms with Crippen LogP contribution in [0.1, 0.15) is 39.7 Å². The van der Waals surface area contributed by atoms with Crippen LogP contribution in [0.2, 0.25) is 0 Å². The molecule has 1 N–H and O–H groups in total. The molecule has 0 fully saturated rings. The van der Waals surface area contributed by atoms with E-state index in [0.717, 1.165) is 32.7 Å². The Morgan fingerprint density at radius 2 is 1.80 bits per heavy atom. The minimum atomic E-state index is -0.713. The highest BCUT2D eigenvalue weighted by molar-refractivity contribution is 9.10. The summed E-state index contributed by atoms with van der Waals surface area (Å²) >= 11 is 3.69. The summed E-state index contributed by atoms with van der Waals surface area (Å²) in [5.41, 5.74) is 9.97. The van der Waals surface area contributed by atoms with Gasteiger partial charge in [-0.15, -0.1) is 0 Å². The first-order valence-corrected chi connectivity index (χ1v) is 10.5. The number of hydrogen-bond donors (Lipinski definition) is 1. The van der Waals surface area contributed by atoms with Gasteiger partial charge in [0.25, 0.3) is 5.91 Å². The van der Waals surface area contributed by atoms with Crippen molar-refractivity contribution in [3.8, 4) is 5.69 Å². The topological polar surface area (TPSA) is 55.6 Å². The lowest BCUT2D eigenvalue weighted by Crippen LogP contribution is -2.26. The minimum Gasteiger partial charge on any atom is -0.367 e. The second kappa shape index (κ2) is 9.41. The molecule has 2 aromatic carbocycles. The molecule has 1 amide bonds. The largest absolute Gasteiger partial charge is 0.367 e. The van der Waals surface area contributed by atoms with Crippen LogP contribution in [0, 0.1) is 27.7 Å². The zero-order valence-corrected chi connectivity index (χ0v) is 19.4. The molecule has 0 spiro atoms. The lowest BCUT2D eigenvalue weighted by Gasteiger charge is -2.13. The summed E-state index contributed by atoms with van der Waals surface area (Å²) < 4.78 is 8.50. The van der Waals surface area contributed by atoms with Crippen LogP contribution in [-0.2, 0) is 9.53 Å². The number of ether oxygens (including phenoxy) is 1. The molecule has 0 bridgehead atoms. The fourth-order valence-electron chi connectivity index (χ4n) is 3.63.